The average molecular weight is 241 g/mol. The van der Waals surface area contributed by atoms with Crippen LogP contribution in [-0.2, 0) is 5.54 Å². The van der Waals surface area contributed by atoms with Crippen molar-refractivity contribution in [1.29, 1.82) is 0 Å². The van der Waals surface area contributed by atoms with Crippen molar-refractivity contribution < 1.29 is 4.92 Å². The fraction of sp³-hybridized carbons (Fsp3) is 0.455. The largest absolute Gasteiger partial charge is 0.321 e. The summed E-state index contributed by atoms with van der Waals surface area (Å²) in [6.45, 7) is 0. The third-order valence-electron chi connectivity index (χ3n) is 3.19. The van der Waals surface area contributed by atoms with E-state index in [9.17, 15) is 10.1 Å². The summed E-state index contributed by atoms with van der Waals surface area (Å²) >= 11 is 5.88. The third kappa shape index (κ3) is 1.90. The van der Waals surface area contributed by atoms with Gasteiger partial charge in [-0.3, -0.25) is 10.1 Å². The highest BCUT2D eigenvalue weighted by molar-refractivity contribution is 6.30. The minimum atomic E-state index is -0.576. The topological polar surface area (TPSA) is 69.2 Å². The Morgan fingerprint density at radius 3 is 2.56 bits per heavy atom. The van der Waals surface area contributed by atoms with Gasteiger partial charge in [-0.1, -0.05) is 24.4 Å². The first-order valence-corrected chi connectivity index (χ1v) is 5.64. The van der Waals surface area contributed by atoms with Crippen LogP contribution in [0.5, 0.6) is 0 Å². The van der Waals surface area contributed by atoms with Crippen molar-refractivity contribution in [2.75, 3.05) is 0 Å². The fourth-order valence-electron chi connectivity index (χ4n) is 2.34. The van der Waals surface area contributed by atoms with Gasteiger partial charge >= 0.3 is 0 Å². The van der Waals surface area contributed by atoms with E-state index in [1.807, 2.05) is 0 Å². The summed E-state index contributed by atoms with van der Waals surface area (Å²) < 4.78 is 0. The smallest absolute Gasteiger partial charge is 0.274 e. The van der Waals surface area contributed by atoms with Gasteiger partial charge in [0.05, 0.1) is 10.5 Å². The van der Waals surface area contributed by atoms with Crippen molar-refractivity contribution in [3.63, 3.8) is 0 Å². The minimum absolute atomic E-state index is 0.0776. The van der Waals surface area contributed by atoms with E-state index in [1.54, 1.807) is 6.07 Å². The van der Waals surface area contributed by atoms with Gasteiger partial charge in [-0.15, -0.1) is 0 Å². The van der Waals surface area contributed by atoms with Crippen LogP contribution in [0.25, 0.3) is 0 Å². The van der Waals surface area contributed by atoms with Gasteiger partial charge in [-0.05, 0) is 25.0 Å². The molecule has 0 aromatic heterocycles. The molecule has 2 N–H and O–H groups in total. The van der Waals surface area contributed by atoms with Gasteiger partial charge in [-0.2, -0.15) is 0 Å². The Hall–Kier alpha value is -1.13. The lowest BCUT2D eigenvalue weighted by molar-refractivity contribution is -0.386. The normalized spacial score (nSPS) is 18.6. The number of nitrogens with two attached hydrogens (primary N) is 1. The van der Waals surface area contributed by atoms with Crippen LogP contribution >= 0.6 is 11.6 Å². The molecular formula is C11H13ClN2O2. The lowest BCUT2D eigenvalue weighted by atomic mass is 9.88. The molecule has 0 heterocycles. The second-order valence-electron chi connectivity index (χ2n) is 4.28. The van der Waals surface area contributed by atoms with Gasteiger partial charge in [-0.25, -0.2) is 0 Å². The predicted molar refractivity (Wildman–Crippen MR) is 62.4 cm³/mol. The molecule has 5 heteroatoms. The first-order valence-electron chi connectivity index (χ1n) is 5.26. The molecule has 0 amide bonds. The second kappa shape index (κ2) is 4.03. The molecule has 0 spiro atoms. The molecule has 2 rings (SSSR count). The summed E-state index contributed by atoms with van der Waals surface area (Å²) in [5.74, 6) is 0. The number of hydrogen-bond acceptors (Lipinski definition) is 3. The molecule has 16 heavy (non-hydrogen) atoms. The number of nitro groups is 1. The number of benzene rings is 1. The monoisotopic (exact) mass is 240 g/mol. The number of rotatable bonds is 2. The van der Waals surface area contributed by atoms with E-state index in [0.717, 1.165) is 25.7 Å². The number of halogens is 1. The Morgan fingerprint density at radius 1 is 1.38 bits per heavy atom. The van der Waals surface area contributed by atoms with E-state index in [4.69, 9.17) is 17.3 Å². The number of nitrogens with zero attached hydrogens (tertiary/aromatic N) is 1. The van der Waals surface area contributed by atoms with Gasteiger partial charge in [0.1, 0.15) is 0 Å². The Kier molecular flexibility index (Phi) is 2.86. The first-order chi connectivity index (χ1) is 7.53. The molecule has 1 aromatic carbocycles. The van der Waals surface area contributed by atoms with Gasteiger partial charge in [0, 0.05) is 16.6 Å². The summed E-state index contributed by atoms with van der Waals surface area (Å²) in [6, 6.07) is 4.59. The van der Waals surface area contributed by atoms with E-state index in [2.05, 4.69) is 0 Å². The Morgan fingerprint density at radius 2 is 2.00 bits per heavy atom. The highest BCUT2D eigenvalue weighted by Crippen LogP contribution is 2.41. The van der Waals surface area contributed by atoms with Gasteiger partial charge in [0.25, 0.3) is 5.69 Å². The molecule has 1 aromatic rings. The Balaban J connectivity index is 2.52. The second-order valence-corrected chi connectivity index (χ2v) is 4.72. The zero-order chi connectivity index (χ0) is 11.8. The maximum absolute atomic E-state index is 10.9. The number of hydrogen-bond donors (Lipinski definition) is 1. The third-order valence-corrected chi connectivity index (χ3v) is 3.42. The van der Waals surface area contributed by atoms with Crippen LogP contribution in [0.2, 0.25) is 5.02 Å². The SMILES string of the molecule is NC1(c2cc(Cl)ccc2[N+](=O)[O-])CCCC1. The lowest BCUT2D eigenvalue weighted by Gasteiger charge is -2.23. The fourth-order valence-corrected chi connectivity index (χ4v) is 2.51. The van der Waals surface area contributed by atoms with Crippen molar-refractivity contribution in [2.45, 2.75) is 31.2 Å². The molecule has 4 nitrogen and oxygen atoms in total. The van der Waals surface area contributed by atoms with Gasteiger partial charge < -0.3 is 5.73 Å². The molecule has 1 saturated carbocycles. The van der Waals surface area contributed by atoms with Crippen LogP contribution in [0.15, 0.2) is 18.2 Å². The van der Waals surface area contributed by atoms with E-state index in [0.29, 0.717) is 10.6 Å². The highest BCUT2D eigenvalue weighted by Gasteiger charge is 2.36. The summed E-state index contributed by atoms with van der Waals surface area (Å²) in [5, 5.41) is 11.4. The molecule has 86 valence electrons. The maximum atomic E-state index is 10.9. The highest BCUT2D eigenvalue weighted by atomic mass is 35.5. The molecule has 0 bridgehead atoms. The zero-order valence-corrected chi connectivity index (χ0v) is 9.54. The molecule has 0 radical (unpaired) electrons. The van der Waals surface area contributed by atoms with Gasteiger partial charge in [0.15, 0.2) is 0 Å². The summed E-state index contributed by atoms with van der Waals surface area (Å²) in [5.41, 5.74) is 6.30. The zero-order valence-electron chi connectivity index (χ0n) is 8.78. The molecule has 0 saturated heterocycles. The van der Waals surface area contributed by atoms with Crippen molar-refractivity contribution in [1.82, 2.24) is 0 Å². The summed E-state index contributed by atoms with van der Waals surface area (Å²) in [4.78, 5) is 10.5. The molecule has 1 aliphatic carbocycles. The summed E-state index contributed by atoms with van der Waals surface area (Å²) in [7, 11) is 0. The molecule has 1 fully saturated rings. The molecular weight excluding hydrogens is 228 g/mol. The molecule has 0 aliphatic heterocycles. The standard InChI is InChI=1S/C11H13ClN2O2/c12-8-3-4-10(14(15)16)9(7-8)11(13)5-1-2-6-11/h3-4,7H,1-2,5-6,13H2. The van der Waals surface area contributed by atoms with Crippen molar-refractivity contribution in [3.8, 4) is 0 Å². The van der Waals surface area contributed by atoms with E-state index in [-0.39, 0.29) is 5.69 Å². The lowest BCUT2D eigenvalue weighted by Crippen LogP contribution is -2.33. The predicted octanol–water partition coefficient (Wildman–Crippen LogP) is 2.98. The quantitative estimate of drug-likeness (QED) is 0.638. The van der Waals surface area contributed by atoms with E-state index < -0.39 is 10.5 Å². The van der Waals surface area contributed by atoms with E-state index in [1.165, 1.54) is 12.1 Å². The van der Waals surface area contributed by atoms with Crippen molar-refractivity contribution in [2.24, 2.45) is 5.73 Å². The van der Waals surface area contributed by atoms with Crippen molar-refractivity contribution >= 4 is 17.3 Å². The summed E-state index contributed by atoms with van der Waals surface area (Å²) in [6.07, 6.45) is 3.60. The maximum Gasteiger partial charge on any atom is 0.274 e. The average Bonchev–Trinajstić information content (AvgIpc) is 2.66. The molecule has 0 unspecified atom stereocenters. The van der Waals surface area contributed by atoms with Crippen LogP contribution < -0.4 is 5.73 Å². The van der Waals surface area contributed by atoms with Crippen LogP contribution in [0.1, 0.15) is 31.2 Å². The Bertz CT molecular complexity index is 428. The molecule has 0 atom stereocenters. The first kappa shape index (κ1) is 11.4. The Labute approximate surface area is 98.5 Å². The van der Waals surface area contributed by atoms with Crippen LogP contribution in [0.4, 0.5) is 5.69 Å². The molecule has 1 aliphatic rings. The van der Waals surface area contributed by atoms with Crippen LogP contribution in [-0.4, -0.2) is 4.92 Å². The van der Waals surface area contributed by atoms with Crippen molar-refractivity contribution in [3.05, 3.63) is 38.9 Å². The van der Waals surface area contributed by atoms with E-state index >= 15 is 0 Å². The minimum Gasteiger partial charge on any atom is -0.321 e. The van der Waals surface area contributed by atoms with Gasteiger partial charge in [0.2, 0.25) is 0 Å². The van der Waals surface area contributed by atoms with Crippen LogP contribution in [0.3, 0.4) is 0 Å². The van der Waals surface area contributed by atoms with Crippen LogP contribution in [0, 0.1) is 10.1 Å². The number of nitro benzene ring substituents is 1.